The van der Waals surface area contributed by atoms with Crippen molar-refractivity contribution in [3.8, 4) is 17.6 Å². The van der Waals surface area contributed by atoms with Crippen molar-refractivity contribution in [1.82, 2.24) is 0 Å². The van der Waals surface area contributed by atoms with Crippen LogP contribution in [0.2, 0.25) is 0 Å². The highest BCUT2D eigenvalue weighted by Crippen LogP contribution is 2.65. The van der Waals surface area contributed by atoms with Crippen LogP contribution in [0.3, 0.4) is 0 Å². The molecule has 2 aromatic carbocycles. The Balaban J connectivity index is 1.78. The highest BCUT2D eigenvalue weighted by Gasteiger charge is 2.67. The van der Waals surface area contributed by atoms with Crippen LogP contribution in [-0.4, -0.2) is 14.0 Å². The molecular formula is C23H20Br2Cl2FNO3. The Hall–Kier alpha value is -1.33. The number of benzene rings is 2. The molecular weight excluding hydrogens is 588 g/mol. The van der Waals surface area contributed by atoms with E-state index in [1.54, 1.807) is 18.2 Å². The van der Waals surface area contributed by atoms with Gasteiger partial charge in [0, 0.05) is 5.56 Å². The van der Waals surface area contributed by atoms with Gasteiger partial charge >= 0.3 is 5.97 Å². The Kier molecular flexibility index (Phi) is 7.51. The number of carbonyl (C=O) groups is 1. The topological polar surface area (TPSA) is 59.3 Å². The largest absolute Gasteiger partial charge is 0.454 e. The standard InChI is InChI=1S/C23H20Br2Cl2FNO3/c1-12-5-4-6-14(9-12)31-16-10-13(7-8-15(16)28)17(11-29)32-21(30)19-18(22(19,2)3)20(24)23(25,26)27/h4-10,17-20H,1-3H3/t17?,18-,19-,20?/m0/s1. The fourth-order valence-corrected chi connectivity index (χ4v) is 5.35. The first-order chi connectivity index (χ1) is 14.9. The van der Waals surface area contributed by atoms with Gasteiger partial charge in [-0.1, -0.05) is 71.2 Å². The molecule has 2 unspecified atom stereocenters. The maximum absolute atomic E-state index is 14.3. The lowest BCUT2D eigenvalue weighted by Crippen LogP contribution is -2.24. The van der Waals surface area contributed by atoms with Crippen LogP contribution in [0, 0.1) is 41.3 Å². The van der Waals surface area contributed by atoms with E-state index in [0.717, 1.165) is 5.56 Å². The molecule has 0 amide bonds. The van der Waals surface area contributed by atoms with E-state index in [2.05, 4.69) is 31.9 Å². The molecule has 4 nitrogen and oxygen atoms in total. The molecule has 1 aliphatic carbocycles. The molecule has 0 radical (unpaired) electrons. The smallest absolute Gasteiger partial charge is 0.311 e. The first-order valence-electron chi connectivity index (χ1n) is 9.71. The molecule has 9 heteroatoms. The number of halogens is 5. The van der Waals surface area contributed by atoms with Gasteiger partial charge in [0.25, 0.3) is 0 Å². The first kappa shape index (κ1) is 25.3. The van der Waals surface area contributed by atoms with Crippen LogP contribution in [0.25, 0.3) is 0 Å². The van der Waals surface area contributed by atoms with Gasteiger partial charge in [-0.3, -0.25) is 4.79 Å². The van der Waals surface area contributed by atoms with Crippen LogP contribution in [0.5, 0.6) is 11.5 Å². The molecule has 170 valence electrons. The molecule has 32 heavy (non-hydrogen) atoms. The average molecular weight is 608 g/mol. The molecule has 0 heterocycles. The summed E-state index contributed by atoms with van der Waals surface area (Å²) in [5.74, 6) is -1.48. The maximum Gasteiger partial charge on any atom is 0.311 e. The summed E-state index contributed by atoms with van der Waals surface area (Å²) in [7, 11) is 0. The van der Waals surface area contributed by atoms with Crippen molar-refractivity contribution < 1.29 is 18.7 Å². The van der Waals surface area contributed by atoms with Crippen molar-refractivity contribution in [2.45, 2.75) is 34.9 Å². The third kappa shape index (κ3) is 5.41. The number of nitriles is 1. The molecule has 0 bridgehead atoms. The molecule has 4 atom stereocenters. The highest BCUT2D eigenvalue weighted by molar-refractivity contribution is 9.13. The van der Waals surface area contributed by atoms with Crippen molar-refractivity contribution in [3.05, 3.63) is 59.4 Å². The van der Waals surface area contributed by atoms with Gasteiger partial charge in [-0.05, 0) is 64.0 Å². The minimum atomic E-state index is -1.27. The number of alkyl halides is 4. The van der Waals surface area contributed by atoms with E-state index in [0.29, 0.717) is 11.3 Å². The van der Waals surface area contributed by atoms with Gasteiger partial charge in [0.1, 0.15) is 11.8 Å². The van der Waals surface area contributed by atoms with E-state index in [1.165, 1.54) is 18.2 Å². The van der Waals surface area contributed by atoms with Crippen molar-refractivity contribution >= 4 is 61.0 Å². The molecule has 1 saturated carbocycles. The van der Waals surface area contributed by atoms with Crippen LogP contribution in [0.1, 0.15) is 31.1 Å². The SMILES string of the molecule is Cc1cccc(Oc2cc(C(C#N)OC(=O)[C@@H]3[C@@H](C(Br)C(Cl)(Cl)Br)C3(C)C)ccc2F)c1. The third-order valence-electron chi connectivity index (χ3n) is 5.62. The van der Waals surface area contributed by atoms with Gasteiger partial charge in [0.15, 0.2) is 14.8 Å². The summed E-state index contributed by atoms with van der Waals surface area (Å²) in [6.07, 6.45) is -1.23. The highest BCUT2D eigenvalue weighted by atomic mass is 79.9. The Bertz CT molecular complexity index is 1070. The van der Waals surface area contributed by atoms with Crippen molar-refractivity contribution in [1.29, 1.82) is 5.26 Å². The second-order valence-electron chi connectivity index (χ2n) is 8.32. The van der Waals surface area contributed by atoms with Crippen LogP contribution in [-0.2, 0) is 9.53 Å². The van der Waals surface area contributed by atoms with Crippen LogP contribution < -0.4 is 4.74 Å². The van der Waals surface area contributed by atoms with Crippen molar-refractivity contribution in [2.24, 2.45) is 17.3 Å². The zero-order chi connectivity index (χ0) is 23.8. The predicted octanol–water partition coefficient (Wildman–Crippen LogP) is 7.60. The molecule has 0 spiro atoms. The second kappa shape index (κ2) is 9.50. The summed E-state index contributed by atoms with van der Waals surface area (Å²) in [5.41, 5.74) is 0.826. The molecule has 0 aliphatic heterocycles. The Morgan fingerprint density at radius 3 is 2.56 bits per heavy atom. The van der Waals surface area contributed by atoms with Gasteiger partial charge in [0.05, 0.1) is 10.7 Å². The molecule has 0 saturated heterocycles. The number of nitrogens with zero attached hydrogens (tertiary/aromatic N) is 1. The normalized spacial score (nSPS) is 21.2. The van der Waals surface area contributed by atoms with E-state index < -0.39 is 37.3 Å². The lowest BCUT2D eigenvalue weighted by atomic mass is 10.1. The fraction of sp³-hybridized carbons (Fsp3) is 0.391. The van der Waals surface area contributed by atoms with Crippen molar-refractivity contribution in [2.75, 3.05) is 0 Å². The zero-order valence-electron chi connectivity index (χ0n) is 17.4. The van der Waals surface area contributed by atoms with Crippen molar-refractivity contribution in [3.63, 3.8) is 0 Å². The number of esters is 1. The quantitative estimate of drug-likeness (QED) is 0.240. The van der Waals surface area contributed by atoms with Gasteiger partial charge in [-0.25, -0.2) is 4.39 Å². The molecule has 1 aliphatic rings. The molecule has 0 N–H and O–H groups in total. The molecule has 1 fully saturated rings. The van der Waals surface area contributed by atoms with E-state index in [1.807, 2.05) is 32.9 Å². The van der Waals surface area contributed by atoms with Gasteiger partial charge in [-0.2, -0.15) is 5.26 Å². The van der Waals surface area contributed by atoms with Crippen LogP contribution >= 0.6 is 55.1 Å². The summed E-state index contributed by atoms with van der Waals surface area (Å²) in [5, 5.41) is 9.63. The summed E-state index contributed by atoms with van der Waals surface area (Å²) in [6, 6.07) is 13.0. The monoisotopic (exact) mass is 605 g/mol. The number of ether oxygens (including phenoxy) is 2. The zero-order valence-corrected chi connectivity index (χ0v) is 22.1. The van der Waals surface area contributed by atoms with E-state index >= 15 is 0 Å². The average Bonchev–Trinajstić information content (AvgIpc) is 3.28. The summed E-state index contributed by atoms with van der Waals surface area (Å²) < 4.78 is 24.2. The van der Waals surface area contributed by atoms with Gasteiger partial charge in [0.2, 0.25) is 6.10 Å². The van der Waals surface area contributed by atoms with Crippen LogP contribution in [0.4, 0.5) is 4.39 Å². The molecule has 2 aromatic rings. The number of hydrogen-bond donors (Lipinski definition) is 0. The molecule has 3 rings (SSSR count). The summed E-state index contributed by atoms with van der Waals surface area (Å²) >= 11 is 18.9. The Labute approximate surface area is 213 Å². The van der Waals surface area contributed by atoms with E-state index in [-0.39, 0.29) is 11.7 Å². The third-order valence-corrected chi connectivity index (χ3v) is 8.98. The van der Waals surface area contributed by atoms with E-state index in [9.17, 15) is 14.4 Å². The predicted molar refractivity (Wildman–Crippen MR) is 129 cm³/mol. The second-order valence-corrected chi connectivity index (χ2v) is 12.9. The van der Waals surface area contributed by atoms with Gasteiger partial charge < -0.3 is 9.47 Å². The fourth-order valence-electron chi connectivity index (χ4n) is 3.80. The number of hydrogen-bond acceptors (Lipinski definition) is 4. The number of carbonyl (C=O) groups excluding carboxylic acids is 1. The summed E-state index contributed by atoms with van der Waals surface area (Å²) in [4.78, 5) is 12.5. The Morgan fingerprint density at radius 1 is 1.28 bits per heavy atom. The van der Waals surface area contributed by atoms with Gasteiger partial charge in [-0.15, -0.1) is 0 Å². The van der Waals surface area contributed by atoms with Crippen LogP contribution in [0.15, 0.2) is 42.5 Å². The maximum atomic E-state index is 14.3. The first-order valence-corrected chi connectivity index (χ1v) is 12.2. The minimum absolute atomic E-state index is 0.0668. The minimum Gasteiger partial charge on any atom is -0.454 e. The lowest BCUT2D eigenvalue weighted by molar-refractivity contribution is -0.149. The Morgan fingerprint density at radius 2 is 1.97 bits per heavy atom. The molecule has 0 aromatic heterocycles. The number of aryl methyl sites for hydroxylation is 1. The summed E-state index contributed by atoms with van der Waals surface area (Å²) in [6.45, 7) is 5.69. The van der Waals surface area contributed by atoms with E-state index in [4.69, 9.17) is 32.7 Å². The lowest BCUT2D eigenvalue weighted by Gasteiger charge is -2.20. The number of rotatable bonds is 7.